The molecule has 0 aliphatic carbocycles. The molecule has 10 aromatic carbocycles. The molecule has 8 heteroatoms. The van der Waals surface area contributed by atoms with Gasteiger partial charge in [-0.15, -0.1) is 323 Å². The van der Waals surface area contributed by atoms with Crippen LogP contribution in [0.1, 0.15) is 114 Å². The van der Waals surface area contributed by atoms with Gasteiger partial charge in [0, 0.05) is 0 Å². The van der Waals surface area contributed by atoms with Crippen LogP contribution in [0.4, 0.5) is 0 Å². The Morgan fingerprint density at radius 2 is 0.440 bits per heavy atom. The molecule has 14 aromatic rings. The third kappa shape index (κ3) is 44.3. The van der Waals surface area contributed by atoms with Crippen LogP contribution in [-0.4, -0.2) is 19.9 Å². The van der Waals surface area contributed by atoms with Crippen molar-refractivity contribution < 1.29 is 66.0 Å². The first-order chi connectivity index (χ1) is 54.4. The standard InChI is InChI=1S/4C17H11N.C12H13.C8H5.C6H11.4C3H7.C2H3.4Ni/c4*1-3-8-14(9-4-1)16-12-7-13-17(18-16)15-10-5-2-6-11-15;1-5-10-6-8-11(9-7-10)12(2,3)4;1-2-8-6-4-3-5-7-8;1-5-6(2,3)4;4*1-3-2;1-2;;;;/h4*1-8,10,12-13H;6-9H,2-4H3;3-7H;1,5H,2-4H3;4*3H,1-2H3;1H,2H2;;;;/q4*-2;8*-1;4*+3. The number of allylic oxidation sites excluding steroid dienone is 1. The van der Waals surface area contributed by atoms with Gasteiger partial charge in [0.1, 0.15) is 0 Å². The summed E-state index contributed by atoms with van der Waals surface area (Å²) in [4.78, 5) is 18.6. The molecule has 0 spiro atoms. The molecule has 116 heavy (non-hydrogen) atoms. The third-order valence-corrected chi connectivity index (χ3v) is 14.2. The van der Waals surface area contributed by atoms with Crippen molar-refractivity contribution in [1.82, 2.24) is 19.9 Å². The third-order valence-electron chi connectivity index (χ3n) is 14.2. The summed E-state index contributed by atoms with van der Waals surface area (Å²) >= 11 is 0. The van der Waals surface area contributed by atoms with Crippen LogP contribution in [0.25, 0.3) is 90.1 Å². The Balaban J connectivity index is 0. The quantitative estimate of drug-likeness (QED) is 0.0864. The molecule has 0 bridgehead atoms. The molecule has 0 amide bonds. The van der Waals surface area contributed by atoms with Crippen molar-refractivity contribution in [3.63, 3.8) is 0 Å². The molecule has 0 aliphatic rings. The second-order valence-electron chi connectivity index (χ2n) is 26.1. The zero-order valence-electron chi connectivity index (χ0n) is 68.9. The van der Waals surface area contributed by atoms with Gasteiger partial charge in [0.25, 0.3) is 0 Å². The van der Waals surface area contributed by atoms with Gasteiger partial charge in [0.2, 0.25) is 0 Å². The van der Waals surface area contributed by atoms with Crippen LogP contribution in [0, 0.1) is 117 Å². The van der Waals surface area contributed by atoms with Gasteiger partial charge in [-0.05, 0) is 56.5 Å². The zero-order valence-corrected chi connectivity index (χ0v) is 72.9. The number of rotatable bonds is 8. The molecule has 0 saturated carbocycles. The number of hydrogen-bond acceptors (Lipinski definition) is 4. The van der Waals surface area contributed by atoms with E-state index in [4.69, 9.17) is 19.4 Å². The monoisotopic (exact) mass is 1690 g/mol. The molecule has 4 aromatic heterocycles. The van der Waals surface area contributed by atoms with E-state index in [0.717, 1.165) is 101 Å². The number of benzene rings is 10. The summed E-state index contributed by atoms with van der Waals surface area (Å²) in [7, 11) is 0. The Morgan fingerprint density at radius 1 is 0.276 bits per heavy atom. The summed E-state index contributed by atoms with van der Waals surface area (Å²) in [6.07, 6.45) is 23.3. The second-order valence-corrected chi connectivity index (χ2v) is 26.1. The Labute approximate surface area is 740 Å². The molecule has 0 fully saturated rings. The van der Waals surface area contributed by atoms with Crippen molar-refractivity contribution in [2.24, 2.45) is 5.41 Å². The van der Waals surface area contributed by atoms with E-state index in [1.807, 2.05) is 390 Å². The van der Waals surface area contributed by atoms with Crippen LogP contribution in [0.5, 0.6) is 0 Å². The summed E-state index contributed by atoms with van der Waals surface area (Å²) in [5.41, 5.74) is 18.9. The normalized spacial score (nSPS) is 9.24. The fraction of sp³-hybridized carbons (Fsp3) is 0.148. The number of pyridine rings is 4. The van der Waals surface area contributed by atoms with E-state index in [2.05, 4.69) is 147 Å². The van der Waals surface area contributed by atoms with Crippen molar-refractivity contribution >= 4 is 0 Å². The van der Waals surface area contributed by atoms with Gasteiger partial charge < -0.3 is 71.6 Å². The predicted molar refractivity (Wildman–Crippen MR) is 476 cm³/mol. The minimum Gasteiger partial charge on any atom is -0.521 e. The summed E-state index contributed by atoms with van der Waals surface area (Å²) in [6, 6.07) is 130. The SMILES string of the molecule is C[CH-]C.C[CH-]C.C[CH-]C.C[CH-]C.[C-]#Cc1ccc(C(C)(C)C)cc1.[C-]#Cc1ccccc1.[CH-]=C.[CH-]=CC(C)(C)C.[Ni+3].[Ni+3].[Ni+3].[Ni+3].[c-]1ccccc1-c1cccc(-c2[c-]cccc2)n1.[c-]1ccccc1-c1cccc(-c2[c-]cccc2)n1.[c-]1ccccc1-c1cccc(-c2[c-]cccc2)n1.[c-]1ccccc1-c1cccc(-c2[c-]cccc2)n1. The van der Waals surface area contributed by atoms with E-state index in [-0.39, 0.29) is 76.8 Å². The van der Waals surface area contributed by atoms with Gasteiger partial charge in [-0.3, -0.25) is 24.5 Å². The summed E-state index contributed by atoms with van der Waals surface area (Å²) < 4.78 is 0. The van der Waals surface area contributed by atoms with Crippen molar-refractivity contribution in [2.45, 2.75) is 102 Å². The maximum atomic E-state index is 6.92. The molecule has 4 radical (unpaired) electrons. The van der Waals surface area contributed by atoms with Crippen LogP contribution in [0.2, 0.25) is 0 Å². The predicted octanol–water partition coefficient (Wildman–Crippen LogP) is 28.1. The first-order valence-corrected chi connectivity index (χ1v) is 37.0. The first kappa shape index (κ1) is 107. The average Bonchev–Trinajstić information content (AvgIpc) is 0.864. The summed E-state index contributed by atoms with van der Waals surface area (Å²) in [5, 5.41) is 0. The Bertz CT molecular complexity index is 4080. The van der Waals surface area contributed by atoms with Crippen molar-refractivity contribution in [2.75, 3.05) is 0 Å². The zero-order chi connectivity index (χ0) is 81.9. The largest absolute Gasteiger partial charge is 3.00 e. The topological polar surface area (TPSA) is 51.6 Å². The van der Waals surface area contributed by atoms with Crippen LogP contribution in [0.3, 0.4) is 0 Å². The van der Waals surface area contributed by atoms with Crippen LogP contribution >= 0.6 is 0 Å². The van der Waals surface area contributed by atoms with Gasteiger partial charge in [-0.25, -0.2) is 0 Å². The molecule has 0 N–H and O–H groups in total. The van der Waals surface area contributed by atoms with Gasteiger partial charge in [-0.2, -0.15) is 55.4 Å². The first-order valence-electron chi connectivity index (χ1n) is 37.0. The second kappa shape index (κ2) is 65.6. The van der Waals surface area contributed by atoms with Crippen molar-refractivity contribution in [1.29, 1.82) is 0 Å². The molecular formula is C108H104N4Ni4-4. The van der Waals surface area contributed by atoms with E-state index in [9.17, 15) is 0 Å². The number of nitrogens with zero attached hydrogens (tertiary/aromatic N) is 4. The maximum absolute atomic E-state index is 6.92. The molecule has 0 aliphatic heterocycles. The molecule has 4 nitrogen and oxygen atoms in total. The Hall–Kier alpha value is -10.6. The molecule has 14 rings (SSSR count). The fourth-order valence-electron chi connectivity index (χ4n) is 8.94. The van der Waals surface area contributed by atoms with Crippen molar-refractivity contribution in [3.8, 4) is 102 Å². The average molecular weight is 1690 g/mol. The summed E-state index contributed by atoms with van der Waals surface area (Å²) in [5.74, 6) is 4.63. The molecule has 0 unspecified atom stereocenters. The van der Waals surface area contributed by atoms with E-state index < -0.39 is 0 Å². The fourth-order valence-corrected chi connectivity index (χ4v) is 8.94. The van der Waals surface area contributed by atoms with E-state index in [1.54, 1.807) is 6.08 Å². The van der Waals surface area contributed by atoms with Crippen LogP contribution in [-0.2, 0) is 71.4 Å². The minimum atomic E-state index is 0. The smallest absolute Gasteiger partial charge is 0.521 e. The molecule has 4 heterocycles. The number of aromatic nitrogens is 4. The number of hydrogen-bond donors (Lipinski definition) is 0. The van der Waals surface area contributed by atoms with Crippen LogP contribution < -0.4 is 0 Å². The molecule has 0 saturated heterocycles. The van der Waals surface area contributed by atoms with E-state index in [1.165, 1.54) is 5.56 Å². The van der Waals surface area contributed by atoms with Gasteiger partial charge in [0.05, 0.1) is 0 Å². The summed E-state index contributed by atoms with van der Waals surface area (Å²) in [6.45, 7) is 40.9. The Kier molecular flexibility index (Phi) is 60.8. The van der Waals surface area contributed by atoms with Gasteiger partial charge >= 0.3 is 66.0 Å². The molecular weight excluding hydrogens is 1590 g/mol. The van der Waals surface area contributed by atoms with Gasteiger partial charge in [-0.1, -0.05) is 150 Å². The minimum absolute atomic E-state index is 0. The van der Waals surface area contributed by atoms with Gasteiger partial charge in [0.15, 0.2) is 0 Å². The van der Waals surface area contributed by atoms with Crippen molar-refractivity contribution in [3.05, 3.63) is 451 Å². The van der Waals surface area contributed by atoms with Crippen LogP contribution in [0.15, 0.2) is 334 Å². The molecule has 0 atom stereocenters. The van der Waals surface area contributed by atoms with E-state index >= 15 is 0 Å². The van der Waals surface area contributed by atoms with E-state index in [0.29, 0.717) is 0 Å². The Morgan fingerprint density at radius 3 is 0.569 bits per heavy atom. The molecule has 600 valence electrons. The maximum Gasteiger partial charge on any atom is 3.00 e.